The van der Waals surface area contributed by atoms with Crippen molar-refractivity contribution in [3.63, 3.8) is 0 Å². The number of amides is 2. The third-order valence-electron chi connectivity index (χ3n) is 5.54. The summed E-state index contributed by atoms with van der Waals surface area (Å²) in [6.45, 7) is 3.27. The van der Waals surface area contributed by atoms with Crippen molar-refractivity contribution in [2.45, 2.75) is 50.9 Å². The lowest BCUT2D eigenvalue weighted by atomic mass is 9.76. The Balaban J connectivity index is 1.39. The van der Waals surface area contributed by atoms with E-state index in [-0.39, 0.29) is 12.2 Å². The summed E-state index contributed by atoms with van der Waals surface area (Å²) in [5.41, 5.74) is 8.83. The Bertz CT molecular complexity index is 762. The number of urea groups is 1. The normalized spacial score (nSPS) is 27.1. The van der Waals surface area contributed by atoms with E-state index >= 15 is 0 Å². The van der Waals surface area contributed by atoms with Crippen LogP contribution in [0.4, 0.5) is 4.79 Å². The van der Waals surface area contributed by atoms with E-state index in [4.69, 9.17) is 0 Å². The number of hydrogen-bond acceptors (Lipinski definition) is 5. The summed E-state index contributed by atoms with van der Waals surface area (Å²) >= 11 is 0. The Morgan fingerprint density at radius 1 is 1.26 bits per heavy atom. The predicted octanol–water partition coefficient (Wildman–Crippen LogP) is 1.33. The quantitative estimate of drug-likeness (QED) is 0.638. The molecule has 144 valence electrons. The SMILES string of the molecule is CCNC(=O)NC1NNC2CCC(c3cn(Cc4ccccc4)nn3)CC21. The van der Waals surface area contributed by atoms with Crippen LogP contribution < -0.4 is 21.5 Å². The number of nitrogens with one attached hydrogen (secondary N) is 4. The molecule has 8 heteroatoms. The number of carbonyl (C=O) groups excluding carboxylic acids is 1. The average molecular weight is 369 g/mol. The van der Waals surface area contributed by atoms with Gasteiger partial charge in [-0.05, 0) is 31.7 Å². The molecule has 1 saturated carbocycles. The van der Waals surface area contributed by atoms with E-state index in [9.17, 15) is 4.79 Å². The molecule has 27 heavy (non-hydrogen) atoms. The zero-order chi connectivity index (χ0) is 18.6. The van der Waals surface area contributed by atoms with E-state index in [1.807, 2.05) is 29.8 Å². The van der Waals surface area contributed by atoms with Crippen molar-refractivity contribution < 1.29 is 4.79 Å². The van der Waals surface area contributed by atoms with Crippen molar-refractivity contribution in [3.05, 3.63) is 47.8 Å². The molecule has 0 spiro atoms. The van der Waals surface area contributed by atoms with Crippen LogP contribution in [0, 0.1) is 5.92 Å². The smallest absolute Gasteiger partial charge is 0.316 e. The van der Waals surface area contributed by atoms with Crippen LogP contribution in [-0.2, 0) is 6.54 Å². The van der Waals surface area contributed by atoms with Gasteiger partial charge in [-0.3, -0.25) is 5.43 Å². The summed E-state index contributed by atoms with van der Waals surface area (Å²) in [7, 11) is 0. The molecule has 1 aliphatic heterocycles. The molecule has 0 bridgehead atoms. The van der Waals surface area contributed by atoms with Crippen LogP contribution in [0.15, 0.2) is 36.5 Å². The van der Waals surface area contributed by atoms with Crippen LogP contribution in [0.25, 0.3) is 0 Å². The van der Waals surface area contributed by atoms with Crippen LogP contribution in [0.1, 0.15) is 43.4 Å². The van der Waals surface area contributed by atoms with Gasteiger partial charge in [0.25, 0.3) is 0 Å². The molecule has 1 aromatic carbocycles. The van der Waals surface area contributed by atoms with Gasteiger partial charge in [0.15, 0.2) is 0 Å². The molecule has 2 fully saturated rings. The molecule has 1 aromatic heterocycles. The highest BCUT2D eigenvalue weighted by molar-refractivity contribution is 5.74. The van der Waals surface area contributed by atoms with Gasteiger partial charge in [0.2, 0.25) is 0 Å². The van der Waals surface area contributed by atoms with Crippen LogP contribution in [0.2, 0.25) is 0 Å². The Labute approximate surface area is 159 Å². The maximum atomic E-state index is 11.9. The zero-order valence-corrected chi connectivity index (χ0v) is 15.6. The van der Waals surface area contributed by atoms with Crippen molar-refractivity contribution in [1.82, 2.24) is 36.5 Å². The lowest BCUT2D eigenvalue weighted by molar-refractivity contribution is 0.221. The van der Waals surface area contributed by atoms with E-state index in [0.29, 0.717) is 24.4 Å². The highest BCUT2D eigenvalue weighted by Crippen LogP contribution is 2.38. The number of nitrogens with zero attached hydrogens (tertiary/aromatic N) is 3. The molecule has 2 heterocycles. The number of benzene rings is 1. The largest absolute Gasteiger partial charge is 0.338 e. The van der Waals surface area contributed by atoms with Gasteiger partial charge in [0, 0.05) is 30.6 Å². The summed E-state index contributed by atoms with van der Waals surface area (Å²) in [4.78, 5) is 11.9. The first kappa shape index (κ1) is 17.9. The van der Waals surface area contributed by atoms with Gasteiger partial charge in [-0.25, -0.2) is 14.9 Å². The van der Waals surface area contributed by atoms with Gasteiger partial charge >= 0.3 is 6.03 Å². The fourth-order valence-electron chi connectivity index (χ4n) is 4.17. The van der Waals surface area contributed by atoms with Crippen molar-refractivity contribution in [2.75, 3.05) is 6.54 Å². The van der Waals surface area contributed by atoms with Gasteiger partial charge in [0.1, 0.15) is 0 Å². The summed E-state index contributed by atoms with van der Waals surface area (Å²) in [6, 6.07) is 10.5. The van der Waals surface area contributed by atoms with Gasteiger partial charge < -0.3 is 10.6 Å². The minimum absolute atomic E-state index is 0.0660. The van der Waals surface area contributed by atoms with Gasteiger partial charge in [0.05, 0.1) is 18.4 Å². The Kier molecular flexibility index (Phi) is 5.35. The summed E-state index contributed by atoms with van der Waals surface area (Å²) in [6.07, 6.45) is 5.12. The molecule has 0 radical (unpaired) electrons. The zero-order valence-electron chi connectivity index (χ0n) is 15.6. The van der Waals surface area contributed by atoms with Crippen LogP contribution in [-0.4, -0.2) is 39.8 Å². The van der Waals surface area contributed by atoms with Crippen molar-refractivity contribution in [2.24, 2.45) is 5.92 Å². The summed E-state index contributed by atoms with van der Waals surface area (Å²) in [5, 5.41) is 14.6. The third-order valence-corrected chi connectivity index (χ3v) is 5.54. The van der Waals surface area contributed by atoms with Gasteiger partial charge in [-0.1, -0.05) is 35.5 Å². The summed E-state index contributed by atoms with van der Waals surface area (Å²) < 4.78 is 1.91. The maximum absolute atomic E-state index is 11.9. The molecule has 4 rings (SSSR count). The second-order valence-corrected chi connectivity index (χ2v) is 7.38. The number of aromatic nitrogens is 3. The molecular weight excluding hydrogens is 342 g/mol. The second-order valence-electron chi connectivity index (χ2n) is 7.38. The number of carbonyl (C=O) groups is 1. The first-order valence-electron chi connectivity index (χ1n) is 9.72. The Morgan fingerprint density at radius 2 is 2.11 bits per heavy atom. The molecule has 1 saturated heterocycles. The Morgan fingerprint density at radius 3 is 2.93 bits per heavy atom. The monoisotopic (exact) mass is 369 g/mol. The lowest BCUT2D eigenvalue weighted by Gasteiger charge is -2.32. The standard InChI is InChI=1S/C19H27N7O/c1-2-20-19(27)21-18-15-10-14(8-9-16(15)22-24-18)17-12-26(25-23-17)11-13-6-4-3-5-7-13/h3-7,12,14-16,18,22,24H,2,8-11H2,1H3,(H2,20,21,27). The van der Waals surface area contributed by atoms with Gasteiger partial charge in [-0.2, -0.15) is 0 Å². The first-order chi connectivity index (χ1) is 13.2. The van der Waals surface area contributed by atoms with Crippen molar-refractivity contribution in [3.8, 4) is 0 Å². The third kappa shape index (κ3) is 4.12. The number of rotatable bonds is 5. The first-order valence-corrected chi connectivity index (χ1v) is 9.72. The molecule has 4 N–H and O–H groups in total. The second kappa shape index (κ2) is 8.06. The molecule has 1 aliphatic carbocycles. The lowest BCUT2D eigenvalue weighted by Crippen LogP contribution is -2.50. The van der Waals surface area contributed by atoms with E-state index in [0.717, 1.165) is 31.5 Å². The average Bonchev–Trinajstić information content (AvgIpc) is 3.30. The van der Waals surface area contributed by atoms with E-state index in [2.05, 4.69) is 50.1 Å². The van der Waals surface area contributed by atoms with Crippen molar-refractivity contribution >= 4 is 6.03 Å². The van der Waals surface area contributed by atoms with Crippen molar-refractivity contribution in [1.29, 1.82) is 0 Å². The van der Waals surface area contributed by atoms with E-state index < -0.39 is 0 Å². The van der Waals surface area contributed by atoms with E-state index in [1.165, 1.54) is 5.56 Å². The molecule has 2 aliphatic rings. The highest BCUT2D eigenvalue weighted by Gasteiger charge is 2.41. The molecule has 4 unspecified atom stereocenters. The molecule has 4 atom stereocenters. The fraction of sp³-hybridized carbons (Fsp3) is 0.526. The maximum Gasteiger partial charge on any atom is 0.316 e. The molecule has 8 nitrogen and oxygen atoms in total. The highest BCUT2D eigenvalue weighted by atomic mass is 16.2. The van der Waals surface area contributed by atoms with Crippen LogP contribution in [0.5, 0.6) is 0 Å². The fourth-order valence-corrected chi connectivity index (χ4v) is 4.17. The Hall–Kier alpha value is -2.45. The number of hydrazine groups is 1. The topological polar surface area (TPSA) is 95.9 Å². The summed E-state index contributed by atoms with van der Waals surface area (Å²) in [5.74, 6) is 0.710. The minimum Gasteiger partial charge on any atom is -0.338 e. The number of fused-ring (bicyclic) bond motifs is 1. The molecule has 2 aromatic rings. The van der Waals surface area contributed by atoms with Crippen LogP contribution in [0.3, 0.4) is 0 Å². The molecule has 2 amide bonds. The van der Waals surface area contributed by atoms with Gasteiger partial charge in [-0.15, -0.1) is 5.10 Å². The van der Waals surface area contributed by atoms with E-state index in [1.54, 1.807) is 0 Å². The predicted molar refractivity (Wildman–Crippen MR) is 102 cm³/mol. The number of hydrogen-bond donors (Lipinski definition) is 4. The molecular formula is C19H27N7O. The van der Waals surface area contributed by atoms with Crippen LogP contribution >= 0.6 is 0 Å². The minimum atomic E-state index is -0.131.